The molecule has 20 heavy (non-hydrogen) atoms. The van der Waals surface area contributed by atoms with Crippen molar-refractivity contribution >= 4 is 12.0 Å². The molecule has 2 saturated carbocycles. The Labute approximate surface area is 119 Å². The molecule has 0 atom stereocenters. The largest absolute Gasteiger partial charge is 0.481 e. The first kappa shape index (κ1) is 15.1. The number of hydrogen-bond acceptors (Lipinski definition) is 3. The second-order valence-electron chi connectivity index (χ2n) is 5.67. The maximum absolute atomic E-state index is 12.0. The molecule has 2 aliphatic carbocycles. The molecule has 2 N–H and O–H groups in total. The van der Waals surface area contributed by atoms with Crippen molar-refractivity contribution in [2.45, 2.75) is 44.6 Å². The topological polar surface area (TPSA) is 78.9 Å². The van der Waals surface area contributed by atoms with Crippen molar-refractivity contribution in [1.29, 1.82) is 0 Å². The molecule has 2 fully saturated rings. The minimum atomic E-state index is -0.864. The van der Waals surface area contributed by atoms with Crippen molar-refractivity contribution in [2.24, 2.45) is 5.92 Å². The highest BCUT2D eigenvalue weighted by atomic mass is 16.5. The number of amides is 2. The molecule has 0 aromatic heterocycles. The Balaban J connectivity index is 1.54. The zero-order valence-electron chi connectivity index (χ0n) is 11.8. The van der Waals surface area contributed by atoms with E-state index in [4.69, 9.17) is 9.84 Å². The molecule has 6 nitrogen and oxygen atoms in total. The molecule has 0 saturated heterocycles. The first-order chi connectivity index (χ1) is 9.66. The zero-order valence-corrected chi connectivity index (χ0v) is 11.8. The van der Waals surface area contributed by atoms with Gasteiger partial charge < -0.3 is 20.1 Å². The third kappa shape index (κ3) is 5.77. The van der Waals surface area contributed by atoms with Crippen LogP contribution in [0.4, 0.5) is 4.79 Å². The number of urea groups is 1. The van der Waals surface area contributed by atoms with E-state index in [1.807, 2.05) is 0 Å². The van der Waals surface area contributed by atoms with E-state index in [-0.39, 0.29) is 18.5 Å². The van der Waals surface area contributed by atoms with E-state index in [9.17, 15) is 9.59 Å². The number of carbonyl (C=O) groups excluding carboxylic acids is 1. The zero-order chi connectivity index (χ0) is 14.4. The lowest BCUT2D eigenvalue weighted by Gasteiger charge is -2.22. The summed E-state index contributed by atoms with van der Waals surface area (Å²) < 4.78 is 5.50. The van der Waals surface area contributed by atoms with Crippen molar-refractivity contribution in [2.75, 3.05) is 26.3 Å². The first-order valence-corrected chi connectivity index (χ1v) is 7.51. The van der Waals surface area contributed by atoms with Crippen LogP contribution in [0.3, 0.4) is 0 Å². The molecule has 6 heteroatoms. The van der Waals surface area contributed by atoms with Gasteiger partial charge in [-0.05, 0) is 38.0 Å². The van der Waals surface area contributed by atoms with Gasteiger partial charge in [0.05, 0.1) is 6.42 Å². The minimum absolute atomic E-state index is 0.00835. The summed E-state index contributed by atoms with van der Waals surface area (Å²) >= 11 is 0. The van der Waals surface area contributed by atoms with Gasteiger partial charge in [-0.2, -0.15) is 0 Å². The number of ether oxygens (including phenoxy) is 1. The molecule has 0 aliphatic heterocycles. The van der Waals surface area contributed by atoms with Crippen molar-refractivity contribution in [3.63, 3.8) is 0 Å². The van der Waals surface area contributed by atoms with E-state index < -0.39 is 5.97 Å². The molecular weight excluding hydrogens is 260 g/mol. The summed E-state index contributed by atoms with van der Waals surface area (Å²) in [6.07, 6.45) is 5.35. The number of rotatable bonds is 10. The number of aliphatic carboxylic acids is 1. The first-order valence-electron chi connectivity index (χ1n) is 7.51. The Kier molecular flexibility index (Phi) is 5.64. The maximum Gasteiger partial charge on any atom is 0.317 e. The van der Waals surface area contributed by atoms with E-state index in [1.54, 1.807) is 4.90 Å². The van der Waals surface area contributed by atoms with Crippen molar-refractivity contribution in [1.82, 2.24) is 10.2 Å². The van der Waals surface area contributed by atoms with Crippen molar-refractivity contribution in [3.05, 3.63) is 0 Å². The summed E-state index contributed by atoms with van der Waals surface area (Å²) in [5.41, 5.74) is 0. The summed E-state index contributed by atoms with van der Waals surface area (Å²) in [7, 11) is 0. The van der Waals surface area contributed by atoms with Gasteiger partial charge in [0.25, 0.3) is 0 Å². The summed E-state index contributed by atoms with van der Waals surface area (Å²) in [4.78, 5) is 24.2. The molecule has 0 bridgehead atoms. The van der Waals surface area contributed by atoms with E-state index in [0.717, 1.165) is 31.8 Å². The van der Waals surface area contributed by atoms with Gasteiger partial charge in [0.2, 0.25) is 0 Å². The fourth-order valence-electron chi connectivity index (χ4n) is 2.06. The maximum atomic E-state index is 12.0. The van der Waals surface area contributed by atoms with Crippen LogP contribution >= 0.6 is 0 Å². The molecule has 0 unspecified atom stereocenters. The molecule has 0 radical (unpaired) electrons. The SMILES string of the molecule is O=C(O)CCN(C(=O)NCCCOCC1CC1)C1CC1. The predicted octanol–water partition coefficient (Wildman–Crippen LogP) is 1.45. The van der Waals surface area contributed by atoms with Gasteiger partial charge in [0.1, 0.15) is 0 Å². The monoisotopic (exact) mass is 284 g/mol. The number of hydrogen-bond donors (Lipinski definition) is 2. The van der Waals surface area contributed by atoms with E-state index in [2.05, 4.69) is 5.32 Å². The smallest absolute Gasteiger partial charge is 0.317 e. The van der Waals surface area contributed by atoms with Crippen LogP contribution in [0, 0.1) is 5.92 Å². The Bertz CT molecular complexity index is 340. The van der Waals surface area contributed by atoms with Crippen LogP contribution in [-0.2, 0) is 9.53 Å². The van der Waals surface area contributed by atoms with Crippen LogP contribution in [-0.4, -0.2) is 54.4 Å². The number of carboxylic acid groups (broad SMARTS) is 1. The van der Waals surface area contributed by atoms with Gasteiger partial charge >= 0.3 is 12.0 Å². The molecule has 2 rings (SSSR count). The van der Waals surface area contributed by atoms with E-state index in [1.165, 1.54) is 12.8 Å². The van der Waals surface area contributed by atoms with Crippen LogP contribution in [0.5, 0.6) is 0 Å². The van der Waals surface area contributed by atoms with Gasteiger partial charge in [0, 0.05) is 32.3 Å². The molecule has 0 aromatic rings. The lowest BCUT2D eigenvalue weighted by molar-refractivity contribution is -0.137. The second kappa shape index (κ2) is 7.47. The molecule has 0 aromatic carbocycles. The van der Waals surface area contributed by atoms with Gasteiger partial charge in [0.15, 0.2) is 0 Å². The molecule has 2 aliphatic rings. The summed E-state index contributed by atoms with van der Waals surface area (Å²) in [6.45, 7) is 2.40. The summed E-state index contributed by atoms with van der Waals surface area (Å²) in [5, 5.41) is 11.5. The van der Waals surface area contributed by atoms with Crippen molar-refractivity contribution in [3.8, 4) is 0 Å². The fourth-order valence-corrected chi connectivity index (χ4v) is 2.06. The highest BCUT2D eigenvalue weighted by Gasteiger charge is 2.32. The molecule has 2 amide bonds. The average molecular weight is 284 g/mol. The second-order valence-corrected chi connectivity index (χ2v) is 5.67. The summed E-state index contributed by atoms with van der Waals surface area (Å²) in [5.74, 6) is -0.0945. The van der Waals surface area contributed by atoms with Crippen LogP contribution in [0.1, 0.15) is 38.5 Å². The highest BCUT2D eigenvalue weighted by molar-refractivity contribution is 5.76. The fraction of sp³-hybridized carbons (Fsp3) is 0.857. The van der Waals surface area contributed by atoms with Gasteiger partial charge in [-0.3, -0.25) is 4.79 Å². The normalized spacial score (nSPS) is 17.8. The molecule has 0 heterocycles. The van der Waals surface area contributed by atoms with Crippen LogP contribution in [0.25, 0.3) is 0 Å². The molecule has 114 valence electrons. The summed E-state index contributed by atoms with van der Waals surface area (Å²) in [6, 6.07) is 0.0939. The Morgan fingerprint density at radius 1 is 1.25 bits per heavy atom. The third-order valence-corrected chi connectivity index (χ3v) is 3.61. The minimum Gasteiger partial charge on any atom is -0.481 e. The lowest BCUT2D eigenvalue weighted by atomic mass is 10.3. The van der Waals surface area contributed by atoms with E-state index in [0.29, 0.717) is 19.7 Å². The van der Waals surface area contributed by atoms with Crippen LogP contribution in [0.2, 0.25) is 0 Å². The lowest BCUT2D eigenvalue weighted by Crippen LogP contribution is -2.43. The quantitative estimate of drug-likeness (QED) is 0.595. The van der Waals surface area contributed by atoms with Gasteiger partial charge in [-0.1, -0.05) is 0 Å². The highest BCUT2D eigenvalue weighted by Crippen LogP contribution is 2.28. The Morgan fingerprint density at radius 2 is 2.00 bits per heavy atom. The van der Waals surface area contributed by atoms with E-state index >= 15 is 0 Å². The third-order valence-electron chi connectivity index (χ3n) is 3.61. The average Bonchev–Trinajstić information content (AvgIpc) is 3.25. The van der Waals surface area contributed by atoms with Crippen molar-refractivity contribution < 1.29 is 19.4 Å². The number of carboxylic acids is 1. The molecule has 0 spiro atoms. The number of nitrogens with one attached hydrogen (secondary N) is 1. The Morgan fingerprint density at radius 3 is 2.60 bits per heavy atom. The van der Waals surface area contributed by atoms with Gasteiger partial charge in [-0.15, -0.1) is 0 Å². The van der Waals surface area contributed by atoms with Crippen LogP contribution in [0.15, 0.2) is 0 Å². The number of nitrogens with zero attached hydrogens (tertiary/aromatic N) is 1. The van der Waals surface area contributed by atoms with Gasteiger partial charge in [-0.25, -0.2) is 4.79 Å². The Hall–Kier alpha value is -1.30. The van der Waals surface area contributed by atoms with Crippen LogP contribution < -0.4 is 5.32 Å². The predicted molar refractivity (Wildman–Crippen MR) is 73.5 cm³/mol. The number of carbonyl (C=O) groups is 2. The molecular formula is C14H24N2O4. The standard InChI is InChI=1S/C14H24N2O4/c17-13(18)6-8-16(12-4-5-12)14(19)15-7-1-9-20-10-11-2-3-11/h11-12H,1-10H2,(H,15,19)(H,17,18).